The van der Waals surface area contributed by atoms with E-state index in [0.29, 0.717) is 12.8 Å². The number of esters is 3. The molecule has 0 N–H and O–H groups in total. The van der Waals surface area contributed by atoms with Crippen LogP contribution >= 0.6 is 0 Å². The van der Waals surface area contributed by atoms with Crippen LogP contribution in [0.5, 0.6) is 0 Å². The van der Waals surface area contributed by atoms with Crippen LogP contribution in [0.3, 0.4) is 0 Å². The Morgan fingerprint density at radius 3 is 2.33 bits per heavy atom. The lowest BCUT2D eigenvalue weighted by Gasteiger charge is -2.31. The molecule has 0 saturated carbocycles. The zero-order valence-electron chi connectivity index (χ0n) is 20.4. The molecule has 4 rings (SSSR count). The Balaban J connectivity index is 1.69. The first-order valence-corrected chi connectivity index (χ1v) is 11.6. The molecule has 3 saturated heterocycles. The van der Waals surface area contributed by atoms with Gasteiger partial charge in [0.2, 0.25) is 0 Å². The topological polar surface area (TPSA) is 104 Å². The summed E-state index contributed by atoms with van der Waals surface area (Å²) in [5, 5.41) is 0. The molecule has 0 bridgehead atoms. The van der Waals surface area contributed by atoms with Crippen molar-refractivity contribution in [3.8, 4) is 0 Å². The summed E-state index contributed by atoms with van der Waals surface area (Å²) in [6.45, 7) is 16.8. The van der Waals surface area contributed by atoms with Crippen molar-refractivity contribution in [1.82, 2.24) is 0 Å². The van der Waals surface area contributed by atoms with E-state index in [-0.39, 0.29) is 23.6 Å². The summed E-state index contributed by atoms with van der Waals surface area (Å²) in [7, 11) is 0. The number of rotatable bonds is 4. The summed E-state index contributed by atoms with van der Waals surface area (Å²) in [4.78, 5) is 37.8. The number of hydrogen-bond donors (Lipinski definition) is 0. The molecule has 3 heterocycles. The summed E-state index contributed by atoms with van der Waals surface area (Å²) in [6.07, 6.45) is 0.413. The Labute approximate surface area is 194 Å². The van der Waals surface area contributed by atoms with Gasteiger partial charge >= 0.3 is 17.9 Å². The normalized spacial score (nSPS) is 45.8. The highest BCUT2D eigenvalue weighted by molar-refractivity contribution is 5.91. The minimum Gasteiger partial charge on any atom is -0.459 e. The smallest absolute Gasteiger partial charge is 0.341 e. The Morgan fingerprint density at radius 1 is 1.15 bits per heavy atom. The third-order valence-electron chi connectivity index (χ3n) is 7.82. The van der Waals surface area contributed by atoms with E-state index in [4.69, 9.17) is 23.7 Å². The van der Waals surface area contributed by atoms with Gasteiger partial charge in [-0.15, -0.1) is 0 Å². The third kappa shape index (κ3) is 4.01. The summed E-state index contributed by atoms with van der Waals surface area (Å²) in [5.74, 6) is -2.17. The molecule has 3 fully saturated rings. The van der Waals surface area contributed by atoms with Gasteiger partial charge < -0.3 is 23.7 Å². The lowest BCUT2D eigenvalue weighted by atomic mass is 9.78. The number of ether oxygens (including phenoxy) is 5. The Bertz CT molecular complexity index is 937. The Kier molecular flexibility index (Phi) is 5.56. The Hall–Kier alpha value is -2.19. The van der Waals surface area contributed by atoms with Gasteiger partial charge in [0, 0.05) is 18.4 Å². The molecule has 4 aliphatic rings. The van der Waals surface area contributed by atoms with Crippen molar-refractivity contribution < 1.29 is 38.1 Å². The molecule has 0 aromatic heterocycles. The Morgan fingerprint density at radius 2 is 1.76 bits per heavy atom. The van der Waals surface area contributed by atoms with Crippen LogP contribution in [0, 0.1) is 11.8 Å². The zero-order chi connectivity index (χ0) is 24.5. The van der Waals surface area contributed by atoms with Crippen molar-refractivity contribution in [2.45, 2.75) is 103 Å². The van der Waals surface area contributed by atoms with Gasteiger partial charge in [-0.25, -0.2) is 9.59 Å². The monoisotopic (exact) mass is 462 g/mol. The second-order valence-electron chi connectivity index (χ2n) is 10.7. The number of epoxide rings is 2. The van der Waals surface area contributed by atoms with Crippen molar-refractivity contribution in [3.63, 3.8) is 0 Å². The van der Waals surface area contributed by atoms with Crippen LogP contribution in [0.15, 0.2) is 23.8 Å². The van der Waals surface area contributed by atoms with Crippen molar-refractivity contribution >= 4 is 17.9 Å². The van der Waals surface area contributed by atoms with Crippen molar-refractivity contribution in [2.24, 2.45) is 11.8 Å². The predicted molar refractivity (Wildman–Crippen MR) is 117 cm³/mol. The fourth-order valence-electron chi connectivity index (χ4n) is 4.89. The predicted octanol–water partition coefficient (Wildman–Crippen LogP) is 3.03. The SMILES string of the molecule is C=C1C(=O)O[C@@H]2/C=C(/C)[C@@H](OC(=O)C(C)C)C[C@@]3(C)O[C@]3(C)C[C@@H](OC(=O)[C@]3(C)O[C@@H]3C)[C@@H]12. The summed E-state index contributed by atoms with van der Waals surface area (Å²) < 4.78 is 29.0. The van der Waals surface area contributed by atoms with Crippen LogP contribution in [0.1, 0.15) is 61.3 Å². The molecule has 8 atom stereocenters. The van der Waals surface area contributed by atoms with Gasteiger partial charge in [0.15, 0.2) is 5.60 Å². The maximum atomic E-state index is 12.9. The highest BCUT2D eigenvalue weighted by Gasteiger charge is 2.67. The first-order valence-electron chi connectivity index (χ1n) is 11.6. The maximum absolute atomic E-state index is 12.9. The first kappa shape index (κ1) is 24.0. The molecule has 182 valence electrons. The minimum atomic E-state index is -0.994. The van der Waals surface area contributed by atoms with E-state index in [0.717, 1.165) is 5.57 Å². The van der Waals surface area contributed by atoms with Gasteiger partial charge in [0.05, 0.1) is 29.1 Å². The average Bonchev–Trinajstić information content (AvgIpc) is 3.45. The van der Waals surface area contributed by atoms with Gasteiger partial charge in [0.1, 0.15) is 18.3 Å². The van der Waals surface area contributed by atoms with Crippen molar-refractivity contribution in [2.75, 3.05) is 0 Å². The van der Waals surface area contributed by atoms with Crippen LogP contribution in [0.2, 0.25) is 0 Å². The fourth-order valence-corrected chi connectivity index (χ4v) is 4.89. The molecule has 0 radical (unpaired) electrons. The van der Waals surface area contributed by atoms with E-state index in [9.17, 15) is 14.4 Å². The molecule has 8 nitrogen and oxygen atoms in total. The highest BCUT2D eigenvalue weighted by Crippen LogP contribution is 2.56. The van der Waals surface area contributed by atoms with Crippen LogP contribution in [0.25, 0.3) is 0 Å². The highest BCUT2D eigenvalue weighted by atomic mass is 16.7. The largest absolute Gasteiger partial charge is 0.459 e. The van der Waals surface area contributed by atoms with E-state index < -0.39 is 53.0 Å². The van der Waals surface area contributed by atoms with Gasteiger partial charge in [-0.1, -0.05) is 20.4 Å². The minimum absolute atomic E-state index is 0.235. The quantitative estimate of drug-likeness (QED) is 0.206. The number of hydrogen-bond acceptors (Lipinski definition) is 8. The summed E-state index contributed by atoms with van der Waals surface area (Å²) >= 11 is 0. The van der Waals surface area contributed by atoms with E-state index in [2.05, 4.69) is 6.58 Å². The van der Waals surface area contributed by atoms with Gasteiger partial charge in [-0.05, 0) is 46.3 Å². The first-order chi connectivity index (χ1) is 15.2. The van der Waals surface area contributed by atoms with Crippen molar-refractivity contribution in [3.05, 3.63) is 23.8 Å². The number of carbonyl (C=O) groups is 3. The number of carbonyl (C=O) groups excluding carboxylic acids is 3. The molecule has 0 unspecified atom stereocenters. The third-order valence-corrected chi connectivity index (χ3v) is 7.82. The summed E-state index contributed by atoms with van der Waals surface area (Å²) in [6, 6.07) is 0. The van der Waals surface area contributed by atoms with Crippen LogP contribution in [-0.2, 0) is 38.1 Å². The molecule has 1 aliphatic carbocycles. The second kappa shape index (κ2) is 7.67. The molecule has 33 heavy (non-hydrogen) atoms. The molecule has 3 aliphatic heterocycles. The van der Waals surface area contributed by atoms with E-state index in [1.165, 1.54) is 0 Å². The van der Waals surface area contributed by atoms with E-state index >= 15 is 0 Å². The molecule has 0 amide bonds. The molecule has 8 heteroatoms. The molecular formula is C25H34O8. The van der Waals surface area contributed by atoms with Gasteiger partial charge in [0.25, 0.3) is 0 Å². The lowest BCUT2D eigenvalue weighted by Crippen LogP contribution is -2.42. The van der Waals surface area contributed by atoms with E-state index in [1.54, 1.807) is 26.8 Å². The standard InChI is InChI=1S/C25H34O8/c1-12(2)20(26)30-17-10-23(6)24(7,33-23)11-18(31-22(28)25(8)15(5)32-25)19-14(4)21(27)29-16(19)9-13(17)3/h9,12,15-19H,4,10-11H2,1-3,5-8H3/b13-9-/t15-,16-,17+,18-,19+,23-,24-,25-/m1/s1. The maximum Gasteiger partial charge on any atom is 0.341 e. The van der Waals surface area contributed by atoms with Crippen LogP contribution in [-0.4, -0.2) is 59.1 Å². The van der Waals surface area contributed by atoms with Crippen LogP contribution < -0.4 is 0 Å². The van der Waals surface area contributed by atoms with Gasteiger partial charge in [-0.2, -0.15) is 0 Å². The summed E-state index contributed by atoms with van der Waals surface area (Å²) in [5.41, 5.74) is -1.24. The van der Waals surface area contributed by atoms with Gasteiger partial charge in [-0.3, -0.25) is 4.79 Å². The number of fused-ring (bicyclic) bond motifs is 2. The molecule has 0 aromatic rings. The fraction of sp³-hybridized carbons (Fsp3) is 0.720. The molecule has 0 aromatic carbocycles. The molecule has 0 spiro atoms. The zero-order valence-corrected chi connectivity index (χ0v) is 20.4. The van der Waals surface area contributed by atoms with Crippen molar-refractivity contribution in [1.29, 1.82) is 0 Å². The van der Waals surface area contributed by atoms with Crippen LogP contribution in [0.4, 0.5) is 0 Å². The average molecular weight is 463 g/mol. The lowest BCUT2D eigenvalue weighted by molar-refractivity contribution is -0.159. The van der Waals surface area contributed by atoms with E-state index in [1.807, 2.05) is 27.7 Å². The second-order valence-corrected chi connectivity index (χ2v) is 10.7. The molecular weight excluding hydrogens is 428 g/mol.